The highest BCUT2D eigenvalue weighted by Crippen LogP contribution is 2.28. The molecule has 0 atom stereocenters. The van der Waals surface area contributed by atoms with Gasteiger partial charge in [-0.15, -0.1) is 0 Å². The van der Waals surface area contributed by atoms with Crippen molar-refractivity contribution < 1.29 is 4.79 Å². The highest BCUT2D eigenvalue weighted by atomic mass is 16.2. The van der Waals surface area contributed by atoms with Crippen LogP contribution in [-0.4, -0.2) is 38.8 Å². The minimum Gasteiger partial charge on any atom is -0.374 e. The highest BCUT2D eigenvalue weighted by molar-refractivity contribution is 5.91. The van der Waals surface area contributed by atoms with Crippen LogP contribution in [0.3, 0.4) is 0 Å². The van der Waals surface area contributed by atoms with Gasteiger partial charge in [0.25, 0.3) is 5.56 Å². The van der Waals surface area contributed by atoms with Gasteiger partial charge in [-0.3, -0.25) is 18.8 Å². The van der Waals surface area contributed by atoms with E-state index in [1.165, 1.54) is 27.3 Å². The van der Waals surface area contributed by atoms with E-state index in [2.05, 4.69) is 33.4 Å². The second-order valence-corrected chi connectivity index (χ2v) is 6.60. The SMILES string of the molecule is CN1CCCc2ccc(NC(=O)Cn3cnc4c(cnn4C)c3=O)cc21. The normalized spacial score (nSPS) is 13.7. The zero-order valence-corrected chi connectivity index (χ0v) is 14.8. The summed E-state index contributed by atoms with van der Waals surface area (Å²) in [6.07, 6.45) is 5.05. The summed E-state index contributed by atoms with van der Waals surface area (Å²) >= 11 is 0. The van der Waals surface area contributed by atoms with Crippen LogP contribution in [0.25, 0.3) is 11.0 Å². The molecule has 8 nitrogen and oxygen atoms in total. The van der Waals surface area contributed by atoms with Crippen molar-refractivity contribution in [3.05, 3.63) is 46.6 Å². The Morgan fingerprint density at radius 3 is 3.00 bits per heavy atom. The van der Waals surface area contributed by atoms with E-state index in [1.807, 2.05) is 12.1 Å². The van der Waals surface area contributed by atoms with Crippen molar-refractivity contribution in [1.29, 1.82) is 0 Å². The second kappa shape index (κ2) is 6.29. The number of fused-ring (bicyclic) bond motifs is 2. The van der Waals surface area contributed by atoms with Crippen LogP contribution in [0.1, 0.15) is 12.0 Å². The summed E-state index contributed by atoms with van der Waals surface area (Å²) in [5, 5.41) is 7.30. The summed E-state index contributed by atoms with van der Waals surface area (Å²) < 4.78 is 2.83. The van der Waals surface area contributed by atoms with Gasteiger partial charge in [0.1, 0.15) is 18.3 Å². The van der Waals surface area contributed by atoms with E-state index in [0.717, 1.165) is 30.8 Å². The second-order valence-electron chi connectivity index (χ2n) is 6.60. The molecule has 134 valence electrons. The third-order valence-electron chi connectivity index (χ3n) is 4.75. The van der Waals surface area contributed by atoms with E-state index in [-0.39, 0.29) is 18.0 Å². The quantitative estimate of drug-likeness (QED) is 0.764. The summed E-state index contributed by atoms with van der Waals surface area (Å²) in [5.74, 6) is -0.268. The van der Waals surface area contributed by atoms with Crippen molar-refractivity contribution in [2.75, 3.05) is 23.8 Å². The van der Waals surface area contributed by atoms with Crippen molar-refractivity contribution in [3.8, 4) is 0 Å². The maximum atomic E-state index is 12.4. The molecule has 1 aliphatic heterocycles. The van der Waals surface area contributed by atoms with Crippen LogP contribution in [0, 0.1) is 0 Å². The molecule has 1 aliphatic rings. The van der Waals surface area contributed by atoms with Crippen LogP contribution in [0.4, 0.5) is 11.4 Å². The predicted molar refractivity (Wildman–Crippen MR) is 99.4 cm³/mol. The zero-order valence-electron chi connectivity index (χ0n) is 14.8. The summed E-state index contributed by atoms with van der Waals surface area (Å²) in [6.45, 7) is 0.917. The van der Waals surface area contributed by atoms with E-state index in [0.29, 0.717) is 11.0 Å². The Bertz CT molecular complexity index is 1050. The van der Waals surface area contributed by atoms with Crippen LogP contribution in [0.2, 0.25) is 0 Å². The Labute approximate surface area is 150 Å². The zero-order chi connectivity index (χ0) is 18.3. The van der Waals surface area contributed by atoms with Gasteiger partial charge in [-0.1, -0.05) is 6.07 Å². The molecular weight excluding hydrogens is 332 g/mol. The van der Waals surface area contributed by atoms with E-state index in [4.69, 9.17) is 0 Å². The molecule has 26 heavy (non-hydrogen) atoms. The van der Waals surface area contributed by atoms with E-state index >= 15 is 0 Å². The maximum absolute atomic E-state index is 12.4. The first kappa shape index (κ1) is 16.3. The minimum atomic E-state index is -0.275. The van der Waals surface area contributed by atoms with Crippen LogP contribution in [0.5, 0.6) is 0 Å². The van der Waals surface area contributed by atoms with Gasteiger partial charge >= 0.3 is 0 Å². The Morgan fingerprint density at radius 2 is 2.15 bits per heavy atom. The van der Waals surface area contributed by atoms with Gasteiger partial charge in [-0.25, -0.2) is 4.98 Å². The average Bonchev–Trinajstić information content (AvgIpc) is 3.00. The highest BCUT2D eigenvalue weighted by Gasteiger charge is 2.15. The maximum Gasteiger partial charge on any atom is 0.264 e. The largest absolute Gasteiger partial charge is 0.374 e. The van der Waals surface area contributed by atoms with E-state index < -0.39 is 0 Å². The molecule has 0 fully saturated rings. The monoisotopic (exact) mass is 352 g/mol. The minimum absolute atomic E-state index is 0.0937. The van der Waals surface area contributed by atoms with Crippen molar-refractivity contribution in [1.82, 2.24) is 19.3 Å². The average molecular weight is 352 g/mol. The molecule has 1 N–H and O–H groups in total. The Morgan fingerprint density at radius 1 is 1.31 bits per heavy atom. The number of nitrogens with one attached hydrogen (secondary N) is 1. The number of rotatable bonds is 3. The van der Waals surface area contributed by atoms with Gasteiger partial charge in [0.05, 0.1) is 6.20 Å². The summed E-state index contributed by atoms with van der Waals surface area (Å²) in [5.41, 5.74) is 3.39. The predicted octanol–water partition coefficient (Wildman–Crippen LogP) is 1.15. The number of aryl methyl sites for hydroxylation is 2. The topological polar surface area (TPSA) is 85.1 Å². The van der Waals surface area contributed by atoms with Crippen molar-refractivity contribution in [2.45, 2.75) is 19.4 Å². The van der Waals surface area contributed by atoms with Crippen LogP contribution >= 0.6 is 0 Å². The molecule has 0 spiro atoms. The van der Waals surface area contributed by atoms with Crippen molar-refractivity contribution in [2.24, 2.45) is 7.05 Å². The third-order valence-corrected chi connectivity index (χ3v) is 4.75. The van der Waals surface area contributed by atoms with Gasteiger partial charge in [0.2, 0.25) is 5.91 Å². The molecule has 0 saturated carbocycles. The van der Waals surface area contributed by atoms with Gasteiger partial charge in [0, 0.05) is 32.0 Å². The molecular formula is C18H20N6O2. The molecule has 2 aromatic heterocycles. The lowest BCUT2D eigenvalue weighted by atomic mass is 10.0. The first-order chi connectivity index (χ1) is 12.5. The summed E-state index contributed by atoms with van der Waals surface area (Å²) in [6, 6.07) is 5.94. The molecule has 3 aromatic rings. The lowest BCUT2D eigenvalue weighted by molar-refractivity contribution is -0.116. The number of carbonyl (C=O) groups is 1. The number of benzene rings is 1. The lowest BCUT2D eigenvalue weighted by Crippen LogP contribution is -2.28. The van der Waals surface area contributed by atoms with Gasteiger partial charge in [-0.05, 0) is 30.5 Å². The fourth-order valence-electron chi connectivity index (χ4n) is 3.37. The van der Waals surface area contributed by atoms with Crippen LogP contribution in [-0.2, 0) is 24.8 Å². The van der Waals surface area contributed by atoms with Gasteiger partial charge < -0.3 is 10.2 Å². The number of aromatic nitrogens is 4. The molecule has 1 aromatic carbocycles. The molecule has 0 bridgehead atoms. The van der Waals surface area contributed by atoms with E-state index in [9.17, 15) is 9.59 Å². The van der Waals surface area contributed by atoms with Gasteiger partial charge in [-0.2, -0.15) is 5.10 Å². The number of amides is 1. The van der Waals surface area contributed by atoms with Crippen molar-refractivity contribution in [3.63, 3.8) is 0 Å². The number of hydrogen-bond acceptors (Lipinski definition) is 5. The lowest BCUT2D eigenvalue weighted by Gasteiger charge is -2.28. The molecule has 1 amide bonds. The van der Waals surface area contributed by atoms with Crippen LogP contribution in [0.15, 0.2) is 35.5 Å². The smallest absolute Gasteiger partial charge is 0.264 e. The fourth-order valence-corrected chi connectivity index (χ4v) is 3.37. The van der Waals surface area contributed by atoms with Crippen LogP contribution < -0.4 is 15.8 Å². The standard InChI is InChI=1S/C18H20N6O2/c1-22-7-3-4-12-5-6-13(8-15(12)22)21-16(25)10-24-11-19-17-14(18(24)26)9-20-23(17)2/h5-6,8-9,11H,3-4,7,10H2,1-2H3,(H,21,25). The molecule has 4 rings (SSSR count). The van der Waals surface area contributed by atoms with Crippen molar-refractivity contribution >= 4 is 28.3 Å². The first-order valence-electron chi connectivity index (χ1n) is 8.54. The summed E-state index contributed by atoms with van der Waals surface area (Å²) in [7, 11) is 3.77. The third kappa shape index (κ3) is 2.83. The Kier molecular flexibility index (Phi) is 3.95. The summed E-state index contributed by atoms with van der Waals surface area (Å²) in [4.78, 5) is 31.2. The number of anilines is 2. The molecule has 0 unspecified atom stereocenters. The first-order valence-corrected chi connectivity index (χ1v) is 8.54. The molecule has 0 radical (unpaired) electrons. The van der Waals surface area contributed by atoms with Gasteiger partial charge in [0.15, 0.2) is 5.65 Å². The number of nitrogens with zero attached hydrogens (tertiary/aromatic N) is 5. The fraction of sp³-hybridized carbons (Fsp3) is 0.333. The van der Waals surface area contributed by atoms with E-state index in [1.54, 1.807) is 7.05 Å². The Balaban J connectivity index is 1.54. The molecule has 8 heteroatoms. The Hall–Kier alpha value is -3.16. The molecule has 3 heterocycles. The number of carbonyl (C=O) groups excluding carboxylic acids is 1. The molecule has 0 aliphatic carbocycles. The number of hydrogen-bond donors (Lipinski definition) is 1. The molecule has 0 saturated heterocycles.